The van der Waals surface area contributed by atoms with Crippen LogP contribution in [0.4, 0.5) is 5.69 Å². The molecule has 0 saturated carbocycles. The van der Waals surface area contributed by atoms with E-state index in [1.807, 2.05) is 26.0 Å². The second-order valence-corrected chi connectivity index (χ2v) is 1.40. The fraction of sp³-hybridized carbons (Fsp3) is 0.222. The molecule has 1 aromatic rings. The van der Waals surface area contributed by atoms with Gasteiger partial charge >= 0.3 is 20.1 Å². The molecule has 0 heterocycles. The van der Waals surface area contributed by atoms with Crippen LogP contribution in [0.15, 0.2) is 24.3 Å². The van der Waals surface area contributed by atoms with Gasteiger partial charge in [-0.25, -0.2) is 0 Å². The molecule has 1 rings (SSSR count). The van der Waals surface area contributed by atoms with Crippen molar-refractivity contribution < 1.29 is 20.1 Å². The molecule has 12 heavy (non-hydrogen) atoms. The molecular formula is C9H15IrN2. The summed E-state index contributed by atoms with van der Waals surface area (Å²) in [5.74, 6) is 6.66. The molecule has 0 saturated heterocycles. The zero-order chi connectivity index (χ0) is 7.82. The van der Waals surface area contributed by atoms with Crippen LogP contribution in [-0.4, -0.2) is 0 Å². The quantitative estimate of drug-likeness (QED) is 0.616. The third-order valence-corrected chi connectivity index (χ3v) is 0.844. The first-order chi connectivity index (χ1) is 4.93. The van der Waals surface area contributed by atoms with E-state index >= 15 is 0 Å². The van der Waals surface area contributed by atoms with Crippen LogP contribution in [0, 0.1) is 13.5 Å². The molecule has 2 nitrogen and oxygen atoms in total. The van der Waals surface area contributed by atoms with Crippen LogP contribution in [0.1, 0.15) is 13.8 Å². The van der Waals surface area contributed by atoms with Crippen LogP contribution in [0.2, 0.25) is 0 Å². The summed E-state index contributed by atoms with van der Waals surface area (Å²) in [4.78, 5) is 0. The fourth-order valence-corrected chi connectivity index (χ4v) is 0.471. The number of para-hydroxylation sites is 1. The van der Waals surface area contributed by atoms with Crippen molar-refractivity contribution in [2.45, 2.75) is 13.8 Å². The SMILES string of the molecule is CC.[CH3-].[Ir+3].[NH-]Nc1[c-]cccc1. The molecule has 70 valence electrons. The number of hydrogen-bond acceptors (Lipinski definition) is 1. The van der Waals surface area contributed by atoms with E-state index in [1.54, 1.807) is 12.1 Å². The maximum atomic E-state index is 6.66. The van der Waals surface area contributed by atoms with Gasteiger partial charge in [-0.3, -0.25) is 0 Å². The molecule has 0 aliphatic heterocycles. The summed E-state index contributed by atoms with van der Waals surface area (Å²) in [5, 5.41) is 0. The molecule has 2 N–H and O–H groups in total. The van der Waals surface area contributed by atoms with Gasteiger partial charge in [-0.2, -0.15) is 24.3 Å². The van der Waals surface area contributed by atoms with Crippen LogP contribution in [0.3, 0.4) is 0 Å². The Balaban J connectivity index is -0.000000189. The zero-order valence-corrected chi connectivity index (χ0v) is 10.0. The van der Waals surface area contributed by atoms with Gasteiger partial charge in [0.05, 0.1) is 0 Å². The Morgan fingerprint density at radius 2 is 1.92 bits per heavy atom. The molecule has 0 aliphatic rings. The maximum Gasteiger partial charge on any atom is 3.00 e. The van der Waals surface area contributed by atoms with Gasteiger partial charge in [0.2, 0.25) is 0 Å². The van der Waals surface area contributed by atoms with Crippen LogP contribution in [0.25, 0.3) is 5.84 Å². The van der Waals surface area contributed by atoms with E-state index in [2.05, 4.69) is 11.5 Å². The van der Waals surface area contributed by atoms with E-state index in [1.165, 1.54) is 0 Å². The van der Waals surface area contributed by atoms with Crippen molar-refractivity contribution in [2.24, 2.45) is 0 Å². The third kappa shape index (κ3) is 7.73. The number of benzene rings is 1. The zero-order valence-electron chi connectivity index (χ0n) is 7.64. The van der Waals surface area contributed by atoms with Crippen LogP contribution < -0.4 is 5.43 Å². The normalized spacial score (nSPS) is 6.25. The van der Waals surface area contributed by atoms with Gasteiger partial charge < -0.3 is 18.7 Å². The van der Waals surface area contributed by atoms with E-state index in [9.17, 15) is 0 Å². The molecule has 0 bridgehead atoms. The molecule has 0 unspecified atom stereocenters. The average molecular weight is 343 g/mol. The Bertz CT molecular complexity index is 154. The number of rotatable bonds is 1. The van der Waals surface area contributed by atoms with Crippen molar-refractivity contribution >= 4 is 5.69 Å². The average Bonchev–Trinajstić information content (AvgIpc) is 2.10. The summed E-state index contributed by atoms with van der Waals surface area (Å²) >= 11 is 0. The number of nitrogens with one attached hydrogen (secondary N) is 2. The molecule has 1 aromatic carbocycles. The predicted molar refractivity (Wildman–Crippen MR) is 51.0 cm³/mol. The van der Waals surface area contributed by atoms with Gasteiger partial charge in [0, 0.05) is 0 Å². The van der Waals surface area contributed by atoms with Gasteiger partial charge in [-0.15, -0.1) is 11.8 Å². The molecule has 0 aliphatic carbocycles. The van der Waals surface area contributed by atoms with Crippen molar-refractivity contribution in [3.8, 4) is 0 Å². The van der Waals surface area contributed by atoms with E-state index in [4.69, 9.17) is 5.84 Å². The van der Waals surface area contributed by atoms with Gasteiger partial charge in [0.25, 0.3) is 0 Å². The topological polar surface area (TPSA) is 35.8 Å². The summed E-state index contributed by atoms with van der Waals surface area (Å²) in [7, 11) is 0. The van der Waals surface area contributed by atoms with Crippen molar-refractivity contribution in [3.05, 3.63) is 43.6 Å². The second-order valence-electron chi connectivity index (χ2n) is 1.40. The first kappa shape index (κ1) is 17.6. The third-order valence-electron chi connectivity index (χ3n) is 0.844. The Morgan fingerprint density at radius 3 is 2.17 bits per heavy atom. The monoisotopic (exact) mass is 344 g/mol. The van der Waals surface area contributed by atoms with Gasteiger partial charge in [-0.05, 0) is 0 Å². The standard InChI is InChI=1S/C6H6N2.C2H6.CH3.Ir/c7-8-6-4-2-1-3-5-6;1-2;;/h1-4,7-8H;1-2H3;1H3;/q-2;;-1;+3. The number of hydrogen-bond donors (Lipinski definition) is 1. The molecule has 0 aromatic heterocycles. The number of anilines is 1. The molecule has 0 amide bonds. The molecule has 0 spiro atoms. The first-order valence-corrected chi connectivity index (χ1v) is 3.33. The Hall–Kier alpha value is -0.371. The van der Waals surface area contributed by atoms with E-state index in [0.29, 0.717) is 5.69 Å². The van der Waals surface area contributed by atoms with Crippen molar-refractivity contribution in [2.75, 3.05) is 5.43 Å². The summed E-state index contributed by atoms with van der Waals surface area (Å²) in [5.41, 5.74) is 2.92. The minimum atomic E-state index is 0. The molecular weight excluding hydrogens is 328 g/mol. The molecule has 0 fully saturated rings. The second kappa shape index (κ2) is 13.2. The smallest absolute Gasteiger partial charge is 0.588 e. The molecule has 0 atom stereocenters. The Morgan fingerprint density at radius 1 is 1.33 bits per heavy atom. The van der Waals surface area contributed by atoms with Gasteiger partial charge in [0.15, 0.2) is 0 Å². The van der Waals surface area contributed by atoms with Gasteiger partial charge in [-0.1, -0.05) is 13.8 Å². The summed E-state index contributed by atoms with van der Waals surface area (Å²) in [6.45, 7) is 4.00. The first-order valence-electron chi connectivity index (χ1n) is 3.33. The van der Waals surface area contributed by atoms with Crippen molar-refractivity contribution in [1.82, 2.24) is 0 Å². The van der Waals surface area contributed by atoms with Gasteiger partial charge in [0.1, 0.15) is 0 Å². The van der Waals surface area contributed by atoms with Crippen molar-refractivity contribution in [1.29, 1.82) is 0 Å². The Kier molecular flexibility index (Phi) is 19.5. The van der Waals surface area contributed by atoms with E-state index in [0.717, 1.165) is 0 Å². The Labute approximate surface area is 88.9 Å². The summed E-state index contributed by atoms with van der Waals surface area (Å²) in [6.07, 6.45) is 0. The largest absolute Gasteiger partial charge is 3.00 e. The summed E-state index contributed by atoms with van der Waals surface area (Å²) in [6, 6.07) is 10.1. The maximum absolute atomic E-state index is 6.66. The van der Waals surface area contributed by atoms with Crippen LogP contribution in [0.5, 0.6) is 0 Å². The predicted octanol–water partition coefficient (Wildman–Crippen LogP) is 3.34. The molecule has 3 heteroatoms. The molecule has 0 radical (unpaired) electrons. The minimum absolute atomic E-state index is 0. The summed E-state index contributed by atoms with van der Waals surface area (Å²) < 4.78 is 0. The van der Waals surface area contributed by atoms with Crippen molar-refractivity contribution in [3.63, 3.8) is 0 Å². The fourth-order valence-electron chi connectivity index (χ4n) is 0.471. The minimum Gasteiger partial charge on any atom is -0.588 e. The van der Waals surface area contributed by atoms with Crippen LogP contribution >= 0.6 is 0 Å². The van der Waals surface area contributed by atoms with E-state index < -0.39 is 0 Å². The van der Waals surface area contributed by atoms with Crippen LogP contribution in [-0.2, 0) is 20.1 Å². The van der Waals surface area contributed by atoms with E-state index in [-0.39, 0.29) is 27.5 Å².